The molecule has 0 bridgehead atoms. The molecule has 86 valence electrons. The molecule has 1 heterocycles. The Bertz CT molecular complexity index is 296. The summed E-state index contributed by atoms with van der Waals surface area (Å²) in [6.45, 7) is 5.05. The average Bonchev–Trinajstić information content (AvgIpc) is 2.60. The Hall–Kier alpha value is -0.870. The maximum atomic E-state index is 8.78. The molecule has 1 rings (SSSR count). The zero-order valence-electron chi connectivity index (χ0n) is 9.61. The largest absolute Gasteiger partial charge is 0.396 e. The Morgan fingerprint density at radius 1 is 1.47 bits per heavy atom. The second-order valence-electron chi connectivity index (χ2n) is 3.79. The van der Waals surface area contributed by atoms with Crippen LogP contribution in [0.15, 0.2) is 6.07 Å². The van der Waals surface area contributed by atoms with Gasteiger partial charge >= 0.3 is 0 Å². The summed E-state index contributed by atoms with van der Waals surface area (Å²) in [6.07, 6.45) is 2.55. The van der Waals surface area contributed by atoms with E-state index in [9.17, 15) is 0 Å². The summed E-state index contributed by atoms with van der Waals surface area (Å²) in [7, 11) is 0. The molecule has 0 aliphatic heterocycles. The van der Waals surface area contributed by atoms with Crippen LogP contribution in [0.5, 0.6) is 0 Å². The molecule has 1 aromatic rings. The molecule has 4 heteroatoms. The van der Waals surface area contributed by atoms with E-state index in [0.29, 0.717) is 13.0 Å². The van der Waals surface area contributed by atoms with Gasteiger partial charge in [0.1, 0.15) is 0 Å². The molecule has 1 aromatic heterocycles. The molecule has 0 amide bonds. The van der Waals surface area contributed by atoms with Crippen molar-refractivity contribution >= 4 is 0 Å². The number of hydrogen-bond donors (Lipinski definition) is 2. The first-order chi connectivity index (χ1) is 7.21. The van der Waals surface area contributed by atoms with Gasteiger partial charge in [0.15, 0.2) is 0 Å². The van der Waals surface area contributed by atoms with Gasteiger partial charge in [-0.15, -0.1) is 0 Å². The van der Waals surface area contributed by atoms with E-state index in [1.165, 1.54) is 5.69 Å². The van der Waals surface area contributed by atoms with Gasteiger partial charge in [0.25, 0.3) is 0 Å². The fourth-order valence-corrected chi connectivity index (χ4v) is 1.61. The van der Waals surface area contributed by atoms with Crippen molar-refractivity contribution < 1.29 is 5.11 Å². The van der Waals surface area contributed by atoms with E-state index in [-0.39, 0.29) is 12.6 Å². The molecule has 0 radical (unpaired) electrons. The van der Waals surface area contributed by atoms with Crippen molar-refractivity contribution in [2.45, 2.75) is 45.7 Å². The van der Waals surface area contributed by atoms with Gasteiger partial charge in [-0.1, -0.05) is 13.8 Å². The lowest BCUT2D eigenvalue weighted by molar-refractivity contribution is 0.268. The second kappa shape index (κ2) is 5.88. The lowest BCUT2D eigenvalue weighted by Crippen LogP contribution is -2.28. The smallest absolute Gasteiger partial charge is 0.0624 e. The monoisotopic (exact) mass is 211 g/mol. The third-order valence-corrected chi connectivity index (χ3v) is 2.55. The lowest BCUT2D eigenvalue weighted by Gasteiger charge is -2.12. The van der Waals surface area contributed by atoms with E-state index in [4.69, 9.17) is 10.8 Å². The molecule has 0 aliphatic rings. The summed E-state index contributed by atoms with van der Waals surface area (Å²) in [4.78, 5) is 0. The minimum absolute atomic E-state index is 0.00935. The number of nitrogens with zero attached hydrogens (tertiary/aromatic N) is 2. The molecular weight excluding hydrogens is 190 g/mol. The number of rotatable bonds is 6. The van der Waals surface area contributed by atoms with Crippen molar-refractivity contribution in [3.63, 3.8) is 0 Å². The molecule has 1 atom stereocenters. The van der Waals surface area contributed by atoms with Crippen molar-refractivity contribution in [1.29, 1.82) is 0 Å². The van der Waals surface area contributed by atoms with Gasteiger partial charge in [-0.05, 0) is 25.3 Å². The van der Waals surface area contributed by atoms with Crippen molar-refractivity contribution in [3.8, 4) is 0 Å². The minimum atomic E-state index is -0.00935. The van der Waals surface area contributed by atoms with Crippen LogP contribution in [0.3, 0.4) is 0 Å². The number of aliphatic hydroxyl groups excluding tert-OH is 1. The molecule has 0 spiro atoms. The summed E-state index contributed by atoms with van der Waals surface area (Å²) >= 11 is 0. The van der Waals surface area contributed by atoms with Crippen LogP contribution in [0.25, 0.3) is 0 Å². The number of aliphatic hydroxyl groups is 1. The average molecular weight is 211 g/mol. The SMILES string of the molecule is CCc1cc(CC)n(CC(N)CCO)n1. The van der Waals surface area contributed by atoms with Crippen LogP contribution in [0.4, 0.5) is 0 Å². The molecule has 15 heavy (non-hydrogen) atoms. The summed E-state index contributed by atoms with van der Waals surface area (Å²) in [5, 5.41) is 13.3. The zero-order valence-corrected chi connectivity index (χ0v) is 9.61. The lowest BCUT2D eigenvalue weighted by atomic mass is 10.2. The van der Waals surface area contributed by atoms with Crippen molar-refractivity contribution in [1.82, 2.24) is 9.78 Å². The van der Waals surface area contributed by atoms with Gasteiger partial charge in [-0.2, -0.15) is 5.10 Å². The normalized spacial score (nSPS) is 13.1. The van der Waals surface area contributed by atoms with Crippen molar-refractivity contribution in [3.05, 3.63) is 17.5 Å². The Labute approximate surface area is 91.1 Å². The van der Waals surface area contributed by atoms with Crippen LogP contribution in [0.1, 0.15) is 31.7 Å². The third-order valence-electron chi connectivity index (χ3n) is 2.55. The molecule has 1 unspecified atom stereocenters. The van der Waals surface area contributed by atoms with Crippen LogP contribution >= 0.6 is 0 Å². The topological polar surface area (TPSA) is 64.1 Å². The number of aromatic nitrogens is 2. The predicted octanol–water partition coefficient (Wildman–Crippen LogP) is 0.718. The maximum absolute atomic E-state index is 8.78. The van der Waals surface area contributed by atoms with Gasteiger partial charge in [-0.25, -0.2) is 0 Å². The molecule has 3 N–H and O–H groups in total. The van der Waals surface area contributed by atoms with E-state index < -0.39 is 0 Å². The van der Waals surface area contributed by atoms with Gasteiger partial charge in [0.05, 0.1) is 12.2 Å². The minimum Gasteiger partial charge on any atom is -0.396 e. The second-order valence-corrected chi connectivity index (χ2v) is 3.79. The fraction of sp³-hybridized carbons (Fsp3) is 0.727. The van der Waals surface area contributed by atoms with E-state index >= 15 is 0 Å². The first kappa shape index (κ1) is 12.2. The van der Waals surface area contributed by atoms with E-state index in [1.54, 1.807) is 0 Å². The first-order valence-electron chi connectivity index (χ1n) is 5.63. The standard InChI is InChI=1S/C11H21N3O/c1-3-10-7-11(4-2)14(13-10)8-9(12)5-6-15/h7,9,15H,3-6,8,12H2,1-2H3. The van der Waals surface area contributed by atoms with Crippen molar-refractivity contribution in [2.75, 3.05) is 6.61 Å². The maximum Gasteiger partial charge on any atom is 0.0624 e. The van der Waals surface area contributed by atoms with E-state index in [1.807, 2.05) is 4.68 Å². The van der Waals surface area contributed by atoms with Gasteiger partial charge in [0.2, 0.25) is 0 Å². The van der Waals surface area contributed by atoms with Gasteiger partial charge < -0.3 is 10.8 Å². The summed E-state index contributed by atoms with van der Waals surface area (Å²) in [6, 6.07) is 2.12. The zero-order chi connectivity index (χ0) is 11.3. The van der Waals surface area contributed by atoms with Crippen LogP contribution in [-0.2, 0) is 19.4 Å². The summed E-state index contributed by atoms with van der Waals surface area (Å²) < 4.78 is 1.97. The Balaban J connectivity index is 2.69. The first-order valence-corrected chi connectivity index (χ1v) is 5.63. The van der Waals surface area contributed by atoms with Crippen LogP contribution in [0, 0.1) is 0 Å². The fourth-order valence-electron chi connectivity index (χ4n) is 1.61. The highest BCUT2D eigenvalue weighted by atomic mass is 16.3. The van der Waals surface area contributed by atoms with Gasteiger partial charge in [0, 0.05) is 18.3 Å². The van der Waals surface area contributed by atoms with Gasteiger partial charge in [-0.3, -0.25) is 4.68 Å². The highest BCUT2D eigenvalue weighted by molar-refractivity contribution is 5.10. The van der Waals surface area contributed by atoms with Crippen LogP contribution in [-0.4, -0.2) is 27.5 Å². The third kappa shape index (κ3) is 3.32. The summed E-state index contributed by atoms with van der Waals surface area (Å²) in [5.41, 5.74) is 8.21. The molecule has 0 aliphatic carbocycles. The highest BCUT2D eigenvalue weighted by Crippen LogP contribution is 2.07. The predicted molar refractivity (Wildman–Crippen MR) is 60.7 cm³/mol. The van der Waals surface area contributed by atoms with Crippen molar-refractivity contribution in [2.24, 2.45) is 5.73 Å². The highest BCUT2D eigenvalue weighted by Gasteiger charge is 2.08. The Morgan fingerprint density at radius 3 is 2.73 bits per heavy atom. The van der Waals surface area contributed by atoms with Crippen LogP contribution in [0.2, 0.25) is 0 Å². The molecule has 0 saturated heterocycles. The van der Waals surface area contributed by atoms with Crippen LogP contribution < -0.4 is 5.73 Å². The molecule has 0 saturated carbocycles. The molecular formula is C11H21N3O. The molecule has 0 fully saturated rings. The summed E-state index contributed by atoms with van der Waals surface area (Å²) in [5.74, 6) is 0. The quantitative estimate of drug-likeness (QED) is 0.728. The Morgan fingerprint density at radius 2 is 2.20 bits per heavy atom. The number of nitrogens with two attached hydrogens (primary N) is 1. The molecule has 0 aromatic carbocycles. The van der Waals surface area contributed by atoms with E-state index in [2.05, 4.69) is 25.0 Å². The van der Waals surface area contributed by atoms with E-state index in [0.717, 1.165) is 18.5 Å². The Kier molecular flexibility index (Phi) is 4.78. The number of aryl methyl sites for hydroxylation is 2. The number of hydrogen-bond acceptors (Lipinski definition) is 3. The molecule has 4 nitrogen and oxygen atoms in total.